The molecule has 1 heterocycles. The predicted molar refractivity (Wildman–Crippen MR) is 71.3 cm³/mol. The maximum absolute atomic E-state index is 5.37. The van der Waals surface area contributed by atoms with Crippen LogP contribution < -0.4 is 10.6 Å². The fraction of sp³-hybridized carbons (Fsp3) is 1.00. The normalized spacial score (nSPS) is 32.8. The van der Waals surface area contributed by atoms with E-state index in [2.05, 4.69) is 17.6 Å². The lowest BCUT2D eigenvalue weighted by atomic mass is 9.76. The average Bonchev–Trinajstić information content (AvgIpc) is 2.78. The number of hydrogen-bond acceptors (Lipinski definition) is 3. The number of hydrogen-bond donors (Lipinski definition) is 2. The maximum Gasteiger partial charge on any atom is 0.0711 e. The Balaban J connectivity index is 1.62. The molecule has 3 nitrogen and oxygen atoms in total. The van der Waals surface area contributed by atoms with E-state index in [4.69, 9.17) is 4.74 Å². The van der Waals surface area contributed by atoms with Gasteiger partial charge < -0.3 is 15.4 Å². The molecule has 0 aromatic rings. The molecule has 2 rings (SSSR count). The molecule has 100 valence electrons. The standard InChI is InChI=1S/C14H28N2O/c1-14(6-4-3-5-7-14)11-15-9-12-8-13(17-2)10-16-12/h12-13,15-16H,3-11H2,1-2H3. The van der Waals surface area contributed by atoms with Crippen LogP contribution in [0.25, 0.3) is 0 Å². The van der Waals surface area contributed by atoms with E-state index < -0.39 is 0 Å². The van der Waals surface area contributed by atoms with Crippen molar-refractivity contribution >= 4 is 0 Å². The van der Waals surface area contributed by atoms with Crippen molar-refractivity contribution in [3.63, 3.8) is 0 Å². The number of rotatable bonds is 5. The molecule has 2 aliphatic rings. The van der Waals surface area contributed by atoms with Crippen molar-refractivity contribution < 1.29 is 4.74 Å². The predicted octanol–water partition coefficient (Wildman–Crippen LogP) is 1.92. The van der Waals surface area contributed by atoms with Gasteiger partial charge in [0.25, 0.3) is 0 Å². The Hall–Kier alpha value is -0.120. The minimum Gasteiger partial charge on any atom is -0.380 e. The molecular weight excluding hydrogens is 212 g/mol. The molecule has 0 amide bonds. The van der Waals surface area contributed by atoms with Crippen LogP contribution in [0.15, 0.2) is 0 Å². The first-order valence-corrected chi connectivity index (χ1v) is 7.19. The first kappa shape index (κ1) is 13.3. The summed E-state index contributed by atoms with van der Waals surface area (Å²) >= 11 is 0. The molecule has 3 heteroatoms. The Morgan fingerprint density at radius 3 is 2.71 bits per heavy atom. The molecule has 2 atom stereocenters. The van der Waals surface area contributed by atoms with E-state index >= 15 is 0 Å². The van der Waals surface area contributed by atoms with Crippen molar-refractivity contribution in [1.82, 2.24) is 10.6 Å². The number of nitrogens with one attached hydrogen (secondary N) is 2. The highest BCUT2D eigenvalue weighted by Gasteiger charge is 2.27. The highest BCUT2D eigenvalue weighted by molar-refractivity contribution is 4.86. The Morgan fingerprint density at radius 2 is 2.06 bits per heavy atom. The third kappa shape index (κ3) is 3.94. The lowest BCUT2D eigenvalue weighted by Gasteiger charge is -2.34. The summed E-state index contributed by atoms with van der Waals surface area (Å²) in [5, 5.41) is 7.18. The van der Waals surface area contributed by atoms with Crippen LogP contribution in [0, 0.1) is 5.41 Å². The lowest BCUT2D eigenvalue weighted by Crippen LogP contribution is -2.40. The van der Waals surface area contributed by atoms with Gasteiger partial charge >= 0.3 is 0 Å². The van der Waals surface area contributed by atoms with Gasteiger partial charge in [-0.15, -0.1) is 0 Å². The van der Waals surface area contributed by atoms with E-state index in [-0.39, 0.29) is 0 Å². The van der Waals surface area contributed by atoms with E-state index in [1.54, 1.807) is 0 Å². The quantitative estimate of drug-likeness (QED) is 0.770. The van der Waals surface area contributed by atoms with Crippen LogP contribution in [0.5, 0.6) is 0 Å². The Morgan fingerprint density at radius 1 is 1.29 bits per heavy atom. The summed E-state index contributed by atoms with van der Waals surface area (Å²) in [6, 6.07) is 0.604. The number of ether oxygens (including phenoxy) is 1. The zero-order chi connectivity index (χ0) is 12.1. The third-order valence-electron chi connectivity index (χ3n) is 4.52. The van der Waals surface area contributed by atoms with E-state index in [9.17, 15) is 0 Å². The molecule has 0 spiro atoms. The smallest absolute Gasteiger partial charge is 0.0711 e. The van der Waals surface area contributed by atoms with Crippen molar-refractivity contribution in [1.29, 1.82) is 0 Å². The average molecular weight is 240 g/mol. The minimum absolute atomic E-state index is 0.423. The minimum atomic E-state index is 0.423. The van der Waals surface area contributed by atoms with Crippen molar-refractivity contribution in [2.75, 3.05) is 26.7 Å². The summed E-state index contributed by atoms with van der Waals surface area (Å²) in [6.07, 6.45) is 8.66. The topological polar surface area (TPSA) is 33.3 Å². The SMILES string of the molecule is COC1CNC(CNCC2(C)CCCCC2)C1. The van der Waals surface area contributed by atoms with Crippen LogP contribution in [0.1, 0.15) is 45.4 Å². The molecule has 17 heavy (non-hydrogen) atoms. The second kappa shape index (κ2) is 6.17. The van der Waals surface area contributed by atoms with Crippen LogP contribution in [0.2, 0.25) is 0 Å². The van der Waals surface area contributed by atoms with Gasteiger partial charge in [-0.2, -0.15) is 0 Å². The van der Waals surface area contributed by atoms with E-state index in [0.717, 1.165) is 19.5 Å². The molecule has 2 fully saturated rings. The van der Waals surface area contributed by atoms with E-state index in [1.807, 2.05) is 7.11 Å². The first-order chi connectivity index (χ1) is 8.22. The zero-order valence-corrected chi connectivity index (χ0v) is 11.4. The molecule has 1 aliphatic carbocycles. The van der Waals surface area contributed by atoms with Crippen LogP contribution in [0.3, 0.4) is 0 Å². The highest BCUT2D eigenvalue weighted by atomic mass is 16.5. The molecule has 2 unspecified atom stereocenters. The molecule has 0 radical (unpaired) electrons. The van der Waals surface area contributed by atoms with Gasteiger partial charge in [0.05, 0.1) is 6.10 Å². The van der Waals surface area contributed by atoms with Gasteiger partial charge in [-0.25, -0.2) is 0 Å². The van der Waals surface area contributed by atoms with Gasteiger partial charge in [0, 0.05) is 32.8 Å². The largest absolute Gasteiger partial charge is 0.380 e. The molecule has 2 N–H and O–H groups in total. The third-order valence-corrected chi connectivity index (χ3v) is 4.52. The summed E-state index contributed by atoms with van der Waals surface area (Å²) in [7, 11) is 1.81. The highest BCUT2D eigenvalue weighted by Crippen LogP contribution is 2.34. The summed E-state index contributed by atoms with van der Waals surface area (Å²) in [5.41, 5.74) is 0.553. The second-order valence-corrected chi connectivity index (χ2v) is 6.20. The van der Waals surface area contributed by atoms with E-state index in [1.165, 1.54) is 38.6 Å². The maximum atomic E-state index is 5.37. The van der Waals surface area contributed by atoms with Crippen molar-refractivity contribution in [3.8, 4) is 0 Å². The van der Waals surface area contributed by atoms with Crippen molar-refractivity contribution in [3.05, 3.63) is 0 Å². The fourth-order valence-corrected chi connectivity index (χ4v) is 3.25. The molecule has 0 aromatic heterocycles. The molecule has 0 bridgehead atoms. The van der Waals surface area contributed by atoms with Crippen LogP contribution >= 0.6 is 0 Å². The van der Waals surface area contributed by atoms with Crippen molar-refractivity contribution in [2.24, 2.45) is 5.41 Å². The molecular formula is C14H28N2O. The van der Waals surface area contributed by atoms with Crippen LogP contribution in [0.4, 0.5) is 0 Å². The molecule has 0 aromatic carbocycles. The first-order valence-electron chi connectivity index (χ1n) is 7.19. The zero-order valence-electron chi connectivity index (χ0n) is 11.4. The Kier molecular flexibility index (Phi) is 4.83. The number of methoxy groups -OCH3 is 1. The van der Waals surface area contributed by atoms with Gasteiger partial charge in [-0.1, -0.05) is 26.2 Å². The van der Waals surface area contributed by atoms with Gasteiger partial charge in [0.2, 0.25) is 0 Å². The summed E-state index contributed by atoms with van der Waals surface area (Å²) < 4.78 is 5.37. The van der Waals surface area contributed by atoms with Crippen LogP contribution in [-0.2, 0) is 4.74 Å². The fourth-order valence-electron chi connectivity index (χ4n) is 3.25. The second-order valence-electron chi connectivity index (χ2n) is 6.20. The van der Waals surface area contributed by atoms with Gasteiger partial charge in [0.1, 0.15) is 0 Å². The Labute approximate surface area is 106 Å². The van der Waals surface area contributed by atoms with Gasteiger partial charge in [0.15, 0.2) is 0 Å². The monoisotopic (exact) mass is 240 g/mol. The van der Waals surface area contributed by atoms with Gasteiger partial charge in [-0.05, 0) is 24.7 Å². The van der Waals surface area contributed by atoms with Crippen LogP contribution in [-0.4, -0.2) is 38.9 Å². The van der Waals surface area contributed by atoms with Gasteiger partial charge in [-0.3, -0.25) is 0 Å². The molecule has 1 saturated heterocycles. The molecule has 1 aliphatic heterocycles. The van der Waals surface area contributed by atoms with Crippen molar-refractivity contribution in [2.45, 2.75) is 57.6 Å². The lowest BCUT2D eigenvalue weighted by molar-refractivity contribution is 0.117. The summed E-state index contributed by atoms with van der Waals surface area (Å²) in [6.45, 7) is 5.73. The Bertz CT molecular complexity index is 226. The summed E-state index contributed by atoms with van der Waals surface area (Å²) in [4.78, 5) is 0. The summed E-state index contributed by atoms with van der Waals surface area (Å²) in [5.74, 6) is 0. The van der Waals surface area contributed by atoms with E-state index in [0.29, 0.717) is 17.6 Å². The molecule has 1 saturated carbocycles.